The number of rotatable bonds is 7. The van der Waals surface area contributed by atoms with Crippen molar-refractivity contribution in [3.05, 3.63) is 0 Å². The molecule has 1 aliphatic heterocycles. The van der Waals surface area contributed by atoms with Gasteiger partial charge in [0.25, 0.3) is 0 Å². The van der Waals surface area contributed by atoms with Gasteiger partial charge in [-0.1, -0.05) is 36.2 Å². The van der Waals surface area contributed by atoms with E-state index in [4.69, 9.17) is 0 Å². The molecule has 0 radical (unpaired) electrons. The number of alkyl halides is 1. The van der Waals surface area contributed by atoms with Crippen LogP contribution in [0.3, 0.4) is 0 Å². The molecule has 0 amide bonds. The lowest BCUT2D eigenvalue weighted by atomic mass is 10.1. The summed E-state index contributed by atoms with van der Waals surface area (Å²) in [5.41, 5.74) is 0. The highest BCUT2D eigenvalue weighted by Crippen LogP contribution is 2.24. The predicted molar refractivity (Wildman–Crippen MR) is 84.3 cm³/mol. The van der Waals surface area contributed by atoms with Gasteiger partial charge in [0.2, 0.25) is 0 Å². The van der Waals surface area contributed by atoms with Gasteiger partial charge in [-0.05, 0) is 12.3 Å². The van der Waals surface area contributed by atoms with Gasteiger partial charge in [0, 0.05) is 35.7 Å². The lowest BCUT2D eigenvalue weighted by Crippen LogP contribution is -2.49. The number of hydrogen-bond acceptors (Lipinski definition) is 4. The zero-order valence-electron chi connectivity index (χ0n) is 11.3. The summed E-state index contributed by atoms with van der Waals surface area (Å²) in [6, 6.07) is 0. The molecule has 2 atom stereocenters. The summed E-state index contributed by atoms with van der Waals surface area (Å²) in [6.07, 6.45) is 2.32. The van der Waals surface area contributed by atoms with Crippen LogP contribution in [0.5, 0.6) is 0 Å². The van der Waals surface area contributed by atoms with E-state index in [-0.39, 0.29) is 11.1 Å². The zero-order valence-corrected chi connectivity index (χ0v) is 14.5. The third-order valence-corrected chi connectivity index (χ3v) is 7.66. The minimum atomic E-state index is -2.95. The summed E-state index contributed by atoms with van der Waals surface area (Å²) in [6.45, 7) is 5.74. The van der Waals surface area contributed by atoms with Crippen molar-refractivity contribution in [1.82, 2.24) is 4.90 Å². The van der Waals surface area contributed by atoms with Gasteiger partial charge in [-0.2, -0.15) is 11.8 Å². The molecule has 1 heterocycles. The van der Waals surface area contributed by atoms with E-state index >= 15 is 0 Å². The second-order valence-corrected chi connectivity index (χ2v) is 9.03. The smallest absolute Gasteiger partial charge is 0.166 e. The van der Waals surface area contributed by atoms with Crippen LogP contribution in [-0.4, -0.2) is 54.4 Å². The second kappa shape index (κ2) is 8.12. The molecule has 3 nitrogen and oxygen atoms in total. The first-order chi connectivity index (χ1) is 8.55. The summed E-state index contributed by atoms with van der Waals surface area (Å²) in [5, 5.41) is 0.697. The van der Waals surface area contributed by atoms with Crippen molar-refractivity contribution in [2.75, 3.05) is 35.7 Å². The molecule has 0 N–H and O–H groups in total. The van der Waals surface area contributed by atoms with Gasteiger partial charge >= 0.3 is 0 Å². The van der Waals surface area contributed by atoms with Crippen molar-refractivity contribution in [3.8, 4) is 0 Å². The molecule has 0 bridgehead atoms. The molecule has 0 aromatic carbocycles. The maximum absolute atomic E-state index is 12.1. The molecule has 108 valence electrons. The van der Waals surface area contributed by atoms with Crippen LogP contribution in [0.4, 0.5) is 0 Å². The molecule has 0 saturated carbocycles. The zero-order chi connectivity index (χ0) is 13.6. The molecule has 0 aromatic rings. The van der Waals surface area contributed by atoms with Gasteiger partial charge in [0.1, 0.15) is 5.37 Å². The molecule has 18 heavy (non-hydrogen) atoms. The Morgan fingerprint density at radius 2 is 2.17 bits per heavy atom. The molecule has 1 saturated heterocycles. The lowest BCUT2D eigenvalue weighted by molar-refractivity contribution is 0.230. The van der Waals surface area contributed by atoms with Gasteiger partial charge in [-0.3, -0.25) is 4.90 Å². The first-order valence-corrected chi connectivity index (χ1v) is 10.6. The Balaban J connectivity index is 2.70. The Bertz CT molecular complexity index is 335. The molecular weight excluding hydrogens is 334 g/mol. The topological polar surface area (TPSA) is 37.4 Å². The van der Waals surface area contributed by atoms with Crippen LogP contribution in [0.15, 0.2) is 0 Å². The Morgan fingerprint density at radius 3 is 2.72 bits per heavy atom. The highest BCUT2D eigenvalue weighted by Gasteiger charge is 2.33. The van der Waals surface area contributed by atoms with Gasteiger partial charge < -0.3 is 0 Å². The number of halogens is 1. The van der Waals surface area contributed by atoms with E-state index in [1.54, 1.807) is 18.7 Å². The molecule has 6 heteroatoms. The van der Waals surface area contributed by atoms with Crippen molar-refractivity contribution >= 4 is 37.5 Å². The molecule has 1 fully saturated rings. The Morgan fingerprint density at radius 1 is 1.44 bits per heavy atom. The van der Waals surface area contributed by atoms with E-state index in [2.05, 4.69) is 27.8 Å². The molecule has 0 spiro atoms. The highest BCUT2D eigenvalue weighted by molar-refractivity contribution is 9.09. The number of nitrogens with zero attached hydrogens (tertiary/aromatic N) is 1. The fourth-order valence-corrected chi connectivity index (χ4v) is 5.92. The summed E-state index contributed by atoms with van der Waals surface area (Å²) in [7, 11) is -2.95. The molecule has 0 aromatic heterocycles. The Hall–Kier alpha value is 0.740. The summed E-state index contributed by atoms with van der Waals surface area (Å²) < 4.78 is 24.3. The SMILES string of the molecule is CCCC(CBr)CN1CCSCC1S(=O)(=O)CC. The van der Waals surface area contributed by atoms with Crippen LogP contribution in [0, 0.1) is 5.92 Å². The van der Waals surface area contributed by atoms with Crippen LogP contribution in [-0.2, 0) is 9.84 Å². The van der Waals surface area contributed by atoms with Crippen molar-refractivity contribution in [2.45, 2.75) is 32.1 Å². The van der Waals surface area contributed by atoms with E-state index in [1.165, 1.54) is 0 Å². The Kier molecular flexibility index (Phi) is 7.58. The standard InChI is InChI=1S/C12H24BrNO2S2/c1-3-5-11(8-13)9-14-6-7-17-10-12(14)18(15,16)4-2/h11-12H,3-10H2,1-2H3. The van der Waals surface area contributed by atoms with E-state index < -0.39 is 9.84 Å². The van der Waals surface area contributed by atoms with Crippen LogP contribution < -0.4 is 0 Å². The number of hydrogen-bond donors (Lipinski definition) is 0. The van der Waals surface area contributed by atoms with Crippen molar-refractivity contribution in [3.63, 3.8) is 0 Å². The normalized spacial score (nSPS) is 24.1. The molecule has 1 aliphatic rings. The van der Waals surface area contributed by atoms with Crippen LogP contribution in [0.25, 0.3) is 0 Å². The highest BCUT2D eigenvalue weighted by atomic mass is 79.9. The van der Waals surface area contributed by atoms with E-state index in [0.29, 0.717) is 5.92 Å². The van der Waals surface area contributed by atoms with Crippen LogP contribution in [0.1, 0.15) is 26.7 Å². The van der Waals surface area contributed by atoms with E-state index in [9.17, 15) is 8.42 Å². The fourth-order valence-electron chi connectivity index (χ4n) is 2.30. The van der Waals surface area contributed by atoms with E-state index in [1.807, 2.05) is 0 Å². The third kappa shape index (κ3) is 4.69. The average molecular weight is 358 g/mol. The molecule has 1 rings (SSSR count). The van der Waals surface area contributed by atoms with Gasteiger partial charge in [-0.15, -0.1) is 0 Å². The minimum absolute atomic E-state index is 0.251. The third-order valence-electron chi connectivity index (χ3n) is 3.42. The fraction of sp³-hybridized carbons (Fsp3) is 1.00. The second-order valence-electron chi connectivity index (χ2n) is 4.79. The Labute approximate surface area is 124 Å². The summed E-state index contributed by atoms with van der Waals surface area (Å²) in [4.78, 5) is 2.19. The quantitative estimate of drug-likeness (QED) is 0.656. The largest absolute Gasteiger partial charge is 0.285 e. The summed E-state index contributed by atoms with van der Waals surface area (Å²) >= 11 is 5.31. The van der Waals surface area contributed by atoms with Crippen molar-refractivity contribution in [1.29, 1.82) is 0 Å². The van der Waals surface area contributed by atoms with Crippen LogP contribution in [0.2, 0.25) is 0 Å². The maximum atomic E-state index is 12.1. The predicted octanol–water partition coefficient (Wildman–Crippen LogP) is 2.61. The number of sulfone groups is 1. The van der Waals surface area contributed by atoms with Gasteiger partial charge in [0.05, 0.1) is 0 Å². The van der Waals surface area contributed by atoms with Crippen LogP contribution >= 0.6 is 27.7 Å². The maximum Gasteiger partial charge on any atom is 0.166 e. The molecular formula is C12H24BrNO2S2. The molecule has 2 unspecified atom stereocenters. The molecule has 0 aliphatic carbocycles. The monoisotopic (exact) mass is 357 g/mol. The minimum Gasteiger partial charge on any atom is -0.285 e. The van der Waals surface area contributed by atoms with Crippen molar-refractivity contribution in [2.24, 2.45) is 5.92 Å². The number of thioether (sulfide) groups is 1. The van der Waals surface area contributed by atoms with Gasteiger partial charge in [-0.25, -0.2) is 8.42 Å². The lowest BCUT2D eigenvalue weighted by Gasteiger charge is -2.36. The van der Waals surface area contributed by atoms with Gasteiger partial charge in [0.15, 0.2) is 9.84 Å². The van der Waals surface area contributed by atoms with Crippen molar-refractivity contribution < 1.29 is 8.42 Å². The first-order valence-electron chi connectivity index (χ1n) is 6.64. The average Bonchev–Trinajstić information content (AvgIpc) is 2.38. The summed E-state index contributed by atoms with van der Waals surface area (Å²) in [5.74, 6) is 2.60. The first kappa shape index (κ1) is 16.8. The van der Waals surface area contributed by atoms with E-state index in [0.717, 1.165) is 42.8 Å².